The van der Waals surface area contributed by atoms with Gasteiger partial charge in [-0.2, -0.15) is 5.53 Å². The van der Waals surface area contributed by atoms with Gasteiger partial charge in [-0.15, -0.1) is 0 Å². The van der Waals surface area contributed by atoms with E-state index in [0.29, 0.717) is 0 Å². The second-order valence-electron chi connectivity index (χ2n) is 15.7. The number of benzene rings is 3. The van der Waals surface area contributed by atoms with Crippen LogP contribution < -0.4 is 16.4 Å². The molecule has 0 aliphatic rings. The monoisotopic (exact) mass is 1600 g/mol. The fourth-order valence-electron chi connectivity index (χ4n) is 5.32. The van der Waals surface area contributed by atoms with E-state index in [1.807, 2.05) is 0 Å². The molecule has 0 aliphatic heterocycles. The molecule has 5 N–H and O–H groups in total. The minimum atomic E-state index is -2.46. The van der Waals surface area contributed by atoms with Gasteiger partial charge < -0.3 is 16.4 Å². The number of rotatable bonds is 52. The Kier molecular flexibility index (Phi) is 60.4. The van der Waals surface area contributed by atoms with Crippen LogP contribution in [0.2, 0.25) is 0 Å². The Bertz CT molecular complexity index is 4400. The van der Waals surface area contributed by atoms with E-state index >= 15 is 0 Å². The van der Waals surface area contributed by atoms with E-state index in [1.165, 1.54) is 72.4 Å². The molecule has 3 rings (SSSR count). The highest BCUT2D eigenvalue weighted by molar-refractivity contribution is 7.34. The fourth-order valence-corrected chi connectivity index (χ4v) is 5.75. The Labute approximate surface area is 622 Å². The maximum atomic E-state index is 6.29. The molecule has 114 heavy (non-hydrogen) atoms. The van der Waals surface area contributed by atoms with E-state index in [4.69, 9.17) is 10.3 Å². The second kappa shape index (κ2) is 75.4. The van der Waals surface area contributed by atoms with Crippen molar-refractivity contribution in [3.8, 4) is 16.9 Å². The third-order valence-corrected chi connectivity index (χ3v) is 9.79. The van der Waals surface area contributed by atoms with E-state index in [0.717, 1.165) is 25.2 Å². The molecule has 3 aromatic carbocycles. The molecule has 0 unspecified atom stereocenters. The molecule has 0 saturated heterocycles. The Morgan fingerprint density at radius 2 is 0.509 bits per heavy atom. The average molecular weight is 1600 g/mol. The number of fused-ring (bicyclic) bond motifs is 1. The van der Waals surface area contributed by atoms with Gasteiger partial charge in [0.05, 0.1) is 6.61 Å². The summed E-state index contributed by atoms with van der Waals surface area (Å²) in [5.41, 5.74) is 10.3. The van der Waals surface area contributed by atoms with Crippen molar-refractivity contribution < 1.29 is 4.74 Å². The van der Waals surface area contributed by atoms with Crippen molar-refractivity contribution in [3.63, 3.8) is 0 Å². The van der Waals surface area contributed by atoms with Gasteiger partial charge in [0.25, 0.3) is 7.66 Å². The Morgan fingerprint density at radius 3 is 0.816 bits per heavy atom. The van der Waals surface area contributed by atoms with Crippen LogP contribution in [0.3, 0.4) is 0 Å². The summed E-state index contributed by atoms with van der Waals surface area (Å²) >= 11 is 0. The van der Waals surface area contributed by atoms with Crippen molar-refractivity contribution in [3.05, 3.63) is 66.2 Å². The Hall–Kier alpha value is -18.8. The molecular weight excluding hydrogens is 1560 g/mol. The van der Waals surface area contributed by atoms with Crippen molar-refractivity contribution in [1.82, 2.24) is 0 Å². The molecule has 0 amide bonds. The zero-order valence-corrected chi connectivity index (χ0v) is 57.5. The van der Waals surface area contributed by atoms with E-state index < -0.39 is 7.66 Å². The molecule has 0 aromatic heterocycles. The van der Waals surface area contributed by atoms with Gasteiger partial charge in [-0.3, -0.25) is 0 Å². The minimum absolute atomic E-state index is 0.797. The molecule has 0 heterocycles. The van der Waals surface area contributed by atoms with Gasteiger partial charge >= 0.3 is 0 Å². The van der Waals surface area contributed by atoms with Gasteiger partial charge in [-0.1, -0.05) is 120 Å². The molecule has 0 saturated carbocycles. The van der Waals surface area contributed by atoms with Crippen LogP contribution in [0.25, 0.3) is 21.9 Å². The molecule has 0 bridgehead atoms. The number of nitrogens with zero attached hydrogens (tertiary/aromatic N) is 81. The second-order valence-corrected chi connectivity index (χ2v) is 16.8. The average Bonchev–Trinajstić information content (AvgIpc) is 0.813. The summed E-state index contributed by atoms with van der Waals surface area (Å²) in [6.07, 6.45) is 11.6. The van der Waals surface area contributed by atoms with Crippen molar-refractivity contribution >= 4 is 18.4 Å². The molecule has 85 nitrogen and oxygen atoms in total. The first-order valence-corrected chi connectivity index (χ1v) is 29.7. The van der Waals surface area contributed by atoms with Crippen molar-refractivity contribution in [1.29, 1.82) is 5.53 Å². The number of unbranched alkanes of at least 4 members (excludes halogenated alkanes) is 6. The first-order chi connectivity index (χ1) is 56.6. The molecule has 584 valence electrons. The van der Waals surface area contributed by atoms with Crippen LogP contribution in [0.4, 0.5) is 0 Å². The lowest BCUT2D eigenvalue weighted by Gasteiger charge is -2.09. The number of aryl methyl sites for hydroxylation is 1. The van der Waals surface area contributed by atoms with Gasteiger partial charge in [0.15, 0.2) is 0 Å². The SMILES string of the molecule is CCCCCCCCc1ccc(-c2ccc3cc(OCCCC)ccc3c2)cc1.N=N/N=N/N=N/N=N/N=N/N=N/N=N/N=N/N=N/N=N/N=N/N=N/N=N/N=N\P(=N/N=N/N=N/N=N/N=N/N=N/N=N/N=N/N=N/N=N/N=N/N=N/N=N/N=N/N)=N/N=N/N=N/N=N/N=N/N=N/N=N/N=N/N=N/N=N/N=N/N=N/N=N/N=N/N. The van der Waals surface area contributed by atoms with E-state index in [2.05, 4.69) is 508 Å². The van der Waals surface area contributed by atoms with Crippen molar-refractivity contribution in [2.45, 2.75) is 71.6 Å². The van der Waals surface area contributed by atoms with Gasteiger partial charge in [0.2, 0.25) is 0 Å². The lowest BCUT2D eigenvalue weighted by molar-refractivity contribution is 0.310. The predicted molar refractivity (Wildman–Crippen MR) is 342 cm³/mol. The summed E-state index contributed by atoms with van der Waals surface area (Å²) < 4.78 is 5.84. The highest BCUT2D eigenvalue weighted by Gasteiger charge is 2.04. The topological polar surface area (TPSA) is 1090 Å². The highest BCUT2D eigenvalue weighted by atomic mass is 31.1. The maximum Gasteiger partial charge on any atom is 0.261 e. The number of hydrogen-bond acceptors (Lipinski definition) is 4. The standard InChI is InChI=1S/C28H36O.H5N84P/c1-3-5-7-8-9-10-11-23-12-14-24(15-13-23)25-16-17-27-22-28(29-20-6-4-2)19-18-26(27)21-25;1-4-7-10-13-16-19-22-25-28-31-34-37-40-43-46-49-52-55-58-61-64-67-70-73-76-79-82-85(83-80-77-74-71-68-65-62-59-56-53-50-47-44-41-38-35-32-29-26-23-20-17-14-11-8-5-2)84-81-78-75-72-69-66-63-60-57-54-51-48-45-42-39-36-33-30-27-24-21-18-15-12-9-6-3/h12-19,21-22H,3-11,20H2,1-2H3;1H,(H2,2,8,14,20,26,32,38,44,50,56,62,68,74,80)(H2,3,9,15,21,27,33,39,45,51,57,63,69,75,81)/b;4-1?,10-7+,16-13+,22-19+,28-25+,34-31+,40-37+,46-43+,52-49+,58-55+,64-61+,70-67+,76-73+,82-79-. The lowest BCUT2D eigenvalue weighted by Crippen LogP contribution is -1.96. The number of nitrogens with one attached hydrogen (secondary N) is 1. The van der Waals surface area contributed by atoms with Gasteiger partial charge in [-0.05, 0) is 305 Å². The molecular formula is C28H41N84OP. The molecule has 86 heteroatoms. The lowest BCUT2D eigenvalue weighted by atomic mass is 9.98. The smallest absolute Gasteiger partial charge is 0.261 e. The zero-order chi connectivity index (χ0) is 81.2. The van der Waals surface area contributed by atoms with Crippen LogP contribution in [0.1, 0.15) is 70.8 Å². The normalized spacial score (nSPS) is 14.5. The van der Waals surface area contributed by atoms with Gasteiger partial charge in [0, 0.05) is 157 Å². The maximum absolute atomic E-state index is 6.29. The molecule has 0 atom stereocenters. The summed E-state index contributed by atoms with van der Waals surface area (Å²) in [5, 5.41) is 236. The van der Waals surface area contributed by atoms with Crippen LogP contribution in [-0.4, -0.2) is 6.61 Å². The highest BCUT2D eigenvalue weighted by Crippen LogP contribution is 2.28. The summed E-state index contributed by atoms with van der Waals surface area (Å²) in [5.74, 6) is 10.3. The Morgan fingerprint density at radius 1 is 0.254 bits per heavy atom. The first kappa shape index (κ1) is 91.3. The van der Waals surface area contributed by atoms with Crippen LogP contribution in [0.5, 0.6) is 5.75 Å². The zero-order valence-electron chi connectivity index (χ0n) is 56.6. The van der Waals surface area contributed by atoms with Crippen LogP contribution in [0.15, 0.2) is 483 Å². The number of nitrogens with two attached hydrogens (primary N) is 2. The quantitative estimate of drug-likeness (QED) is 0.0163. The third kappa shape index (κ3) is 60.8. The van der Waals surface area contributed by atoms with Crippen LogP contribution in [0, 0.1) is 5.53 Å². The predicted octanol–water partition coefficient (Wildman–Crippen LogP) is 23.4. The van der Waals surface area contributed by atoms with Crippen molar-refractivity contribution in [2.24, 2.45) is 434 Å². The largest absolute Gasteiger partial charge is 0.494 e. The van der Waals surface area contributed by atoms with Gasteiger partial charge in [-0.25, -0.2) is 0 Å². The van der Waals surface area contributed by atoms with Crippen LogP contribution >= 0.6 is 7.66 Å². The van der Waals surface area contributed by atoms with E-state index in [9.17, 15) is 0 Å². The summed E-state index contributed by atoms with van der Waals surface area (Å²) in [7, 11) is -2.46. The minimum Gasteiger partial charge on any atom is -0.494 e. The third-order valence-electron chi connectivity index (χ3n) is 9.07. The first-order valence-electron chi connectivity index (χ1n) is 28.5. The summed E-state index contributed by atoms with van der Waals surface area (Å²) in [4.78, 5) is 10.4. The molecule has 0 spiro atoms. The number of ether oxygens (including phenoxy) is 1. The molecule has 0 radical (unpaired) electrons. The summed E-state index contributed by atoms with van der Waals surface area (Å²) in [6, 6.07) is 22.3. The van der Waals surface area contributed by atoms with Crippen LogP contribution in [-0.2, 0) is 6.42 Å². The van der Waals surface area contributed by atoms with E-state index in [1.54, 1.807) is 0 Å². The summed E-state index contributed by atoms with van der Waals surface area (Å²) in [6.45, 7) is 5.26. The number of hydrogen-bond donors (Lipinski definition) is 3. The molecule has 0 fully saturated rings. The van der Waals surface area contributed by atoms with Gasteiger partial charge in [0.1, 0.15) is 5.75 Å². The van der Waals surface area contributed by atoms with Crippen molar-refractivity contribution in [2.75, 3.05) is 6.61 Å². The molecule has 3 aromatic rings. The molecule has 0 aliphatic carbocycles. The Balaban J connectivity index is 0.00000125. The van der Waals surface area contributed by atoms with E-state index in [-0.39, 0.29) is 0 Å². The fraction of sp³-hybridized carbons (Fsp3) is 0.429.